The molecule has 0 fully saturated rings. The lowest BCUT2D eigenvalue weighted by Crippen LogP contribution is -2.30. The largest absolute Gasteiger partial charge is 0.464 e. The topological polar surface area (TPSA) is 42.4 Å². The van der Waals surface area contributed by atoms with Gasteiger partial charge in [-0.3, -0.25) is 0 Å². The first-order chi connectivity index (χ1) is 8.36. The van der Waals surface area contributed by atoms with Gasteiger partial charge in [-0.15, -0.1) is 11.3 Å². The Bertz CT molecular complexity index is 415. The lowest BCUT2D eigenvalue weighted by atomic mass is 10.0. The molecule has 1 rings (SSSR count). The molecule has 102 valence electrons. The van der Waals surface area contributed by atoms with Crippen LogP contribution in [0.25, 0.3) is 0 Å². The molecule has 0 saturated carbocycles. The first kappa shape index (κ1) is 15.0. The summed E-state index contributed by atoms with van der Waals surface area (Å²) in [6.45, 7) is 8.48. The Morgan fingerprint density at radius 1 is 1.44 bits per heavy atom. The van der Waals surface area contributed by atoms with E-state index in [-0.39, 0.29) is 5.97 Å². The molecule has 18 heavy (non-hydrogen) atoms. The number of hydrogen-bond donors (Lipinski definition) is 0. The summed E-state index contributed by atoms with van der Waals surface area (Å²) in [5.41, 5.74) is 0.432. The number of hydrogen-bond acceptors (Lipinski definition) is 5. The van der Waals surface area contributed by atoms with Gasteiger partial charge in [0.2, 0.25) is 0 Å². The molecular formula is C13H22N2O2S. The van der Waals surface area contributed by atoms with E-state index in [1.807, 2.05) is 14.0 Å². The molecule has 0 radical (unpaired) electrons. The molecule has 0 aliphatic rings. The summed E-state index contributed by atoms with van der Waals surface area (Å²) < 4.78 is 4.72. The third-order valence-corrected chi connectivity index (χ3v) is 4.00. The number of rotatable bonds is 5. The summed E-state index contributed by atoms with van der Waals surface area (Å²) in [5, 5.41) is 0.876. The number of aromatic nitrogens is 1. The fourth-order valence-electron chi connectivity index (χ4n) is 1.85. The minimum Gasteiger partial charge on any atom is -0.464 e. The zero-order valence-electron chi connectivity index (χ0n) is 12.0. The first-order valence-corrected chi connectivity index (χ1v) is 6.97. The van der Waals surface area contributed by atoms with E-state index in [2.05, 4.69) is 30.7 Å². The van der Waals surface area contributed by atoms with E-state index in [4.69, 9.17) is 4.74 Å². The maximum absolute atomic E-state index is 11.5. The minimum atomic E-state index is -0.361. The Balaban J connectivity index is 2.87. The van der Waals surface area contributed by atoms with Crippen LogP contribution >= 0.6 is 11.3 Å². The second-order valence-electron chi connectivity index (χ2n) is 4.98. The standard InChI is InChI=1S/C13H22N2O2S/c1-8(2)7-9(3)15(5)13-14-11(10(4)18-13)12(16)17-6/h8-9H,7H2,1-6H3. The molecule has 0 aromatic carbocycles. The van der Waals surface area contributed by atoms with Crippen molar-refractivity contribution in [1.29, 1.82) is 0 Å². The zero-order chi connectivity index (χ0) is 13.9. The first-order valence-electron chi connectivity index (χ1n) is 6.15. The maximum atomic E-state index is 11.5. The van der Waals surface area contributed by atoms with E-state index in [0.717, 1.165) is 16.4 Å². The Morgan fingerprint density at radius 3 is 2.56 bits per heavy atom. The number of thiazole rings is 1. The molecule has 1 aromatic heterocycles. The number of nitrogens with zero attached hydrogens (tertiary/aromatic N) is 2. The maximum Gasteiger partial charge on any atom is 0.357 e. The average molecular weight is 270 g/mol. The average Bonchev–Trinajstić information content (AvgIpc) is 2.68. The van der Waals surface area contributed by atoms with E-state index in [1.54, 1.807) is 0 Å². The van der Waals surface area contributed by atoms with Crippen molar-refractivity contribution in [1.82, 2.24) is 4.98 Å². The molecule has 0 aliphatic carbocycles. The molecule has 5 heteroatoms. The Labute approximate surface area is 113 Å². The van der Waals surface area contributed by atoms with Crippen LogP contribution in [0, 0.1) is 12.8 Å². The van der Waals surface area contributed by atoms with Crippen LogP contribution in [0.3, 0.4) is 0 Å². The number of ether oxygens (including phenoxy) is 1. The number of methoxy groups -OCH3 is 1. The van der Waals surface area contributed by atoms with Gasteiger partial charge in [-0.2, -0.15) is 0 Å². The molecule has 0 spiro atoms. The van der Waals surface area contributed by atoms with Gasteiger partial charge in [0.15, 0.2) is 10.8 Å². The van der Waals surface area contributed by atoms with Crippen LogP contribution in [-0.4, -0.2) is 31.2 Å². The Kier molecular flexibility index (Phi) is 5.14. The molecule has 4 nitrogen and oxygen atoms in total. The quantitative estimate of drug-likeness (QED) is 0.771. The molecule has 1 heterocycles. The van der Waals surface area contributed by atoms with Crippen molar-refractivity contribution >= 4 is 22.4 Å². The molecule has 0 N–H and O–H groups in total. The molecular weight excluding hydrogens is 248 g/mol. The fourth-order valence-corrected chi connectivity index (χ4v) is 2.81. The highest BCUT2D eigenvalue weighted by Crippen LogP contribution is 2.27. The fraction of sp³-hybridized carbons (Fsp3) is 0.692. The van der Waals surface area contributed by atoms with Gasteiger partial charge in [-0.25, -0.2) is 9.78 Å². The van der Waals surface area contributed by atoms with E-state index < -0.39 is 0 Å². The van der Waals surface area contributed by atoms with Crippen molar-refractivity contribution in [3.63, 3.8) is 0 Å². The molecule has 1 atom stereocenters. The second-order valence-corrected chi connectivity index (χ2v) is 6.16. The number of aryl methyl sites for hydroxylation is 1. The summed E-state index contributed by atoms with van der Waals surface area (Å²) in [5.74, 6) is 0.281. The molecule has 0 bridgehead atoms. The van der Waals surface area contributed by atoms with E-state index in [9.17, 15) is 4.79 Å². The van der Waals surface area contributed by atoms with Gasteiger partial charge in [0.1, 0.15) is 0 Å². The van der Waals surface area contributed by atoms with Crippen LogP contribution in [0.2, 0.25) is 0 Å². The predicted octanol–water partition coefficient (Wildman–Crippen LogP) is 3.11. The number of carbonyl (C=O) groups excluding carboxylic acids is 1. The molecule has 0 aliphatic heterocycles. The summed E-state index contributed by atoms with van der Waals surface area (Å²) in [4.78, 5) is 18.9. The van der Waals surface area contributed by atoms with Gasteiger partial charge in [0.25, 0.3) is 0 Å². The van der Waals surface area contributed by atoms with E-state index >= 15 is 0 Å². The van der Waals surface area contributed by atoms with Gasteiger partial charge in [-0.05, 0) is 26.2 Å². The predicted molar refractivity (Wildman–Crippen MR) is 75.5 cm³/mol. The highest BCUT2D eigenvalue weighted by atomic mass is 32.1. The molecule has 0 amide bonds. The van der Waals surface area contributed by atoms with Gasteiger partial charge in [0.05, 0.1) is 7.11 Å². The zero-order valence-corrected chi connectivity index (χ0v) is 12.8. The van der Waals surface area contributed by atoms with Gasteiger partial charge >= 0.3 is 5.97 Å². The normalized spacial score (nSPS) is 12.6. The highest BCUT2D eigenvalue weighted by Gasteiger charge is 2.20. The molecule has 1 aromatic rings. The smallest absolute Gasteiger partial charge is 0.357 e. The number of anilines is 1. The van der Waals surface area contributed by atoms with E-state index in [0.29, 0.717) is 17.7 Å². The van der Waals surface area contributed by atoms with Crippen molar-refractivity contribution in [3.8, 4) is 0 Å². The van der Waals surface area contributed by atoms with Gasteiger partial charge in [-0.1, -0.05) is 13.8 Å². The summed E-state index contributed by atoms with van der Waals surface area (Å²) in [6, 6.07) is 0.404. The van der Waals surface area contributed by atoms with E-state index in [1.165, 1.54) is 18.4 Å². The van der Waals surface area contributed by atoms with Crippen LogP contribution in [0.4, 0.5) is 5.13 Å². The monoisotopic (exact) mass is 270 g/mol. The molecule has 0 saturated heterocycles. The second kappa shape index (κ2) is 6.18. The third kappa shape index (κ3) is 3.45. The van der Waals surface area contributed by atoms with Crippen molar-refractivity contribution in [2.45, 2.75) is 40.2 Å². The van der Waals surface area contributed by atoms with Crippen molar-refractivity contribution < 1.29 is 9.53 Å². The summed E-state index contributed by atoms with van der Waals surface area (Å²) in [6.07, 6.45) is 1.10. The van der Waals surface area contributed by atoms with Crippen LogP contribution in [0.5, 0.6) is 0 Å². The SMILES string of the molecule is COC(=O)c1nc(N(C)C(C)CC(C)C)sc1C. The van der Waals surface area contributed by atoms with Crippen LogP contribution in [-0.2, 0) is 4.74 Å². The van der Waals surface area contributed by atoms with Crippen molar-refractivity contribution in [3.05, 3.63) is 10.6 Å². The van der Waals surface area contributed by atoms with Crippen molar-refractivity contribution in [2.24, 2.45) is 5.92 Å². The summed E-state index contributed by atoms with van der Waals surface area (Å²) >= 11 is 1.54. The van der Waals surface area contributed by atoms with Gasteiger partial charge in [0, 0.05) is 18.0 Å². The number of esters is 1. The lowest BCUT2D eigenvalue weighted by Gasteiger charge is -2.25. The highest BCUT2D eigenvalue weighted by molar-refractivity contribution is 7.15. The third-order valence-electron chi connectivity index (χ3n) is 2.94. The Morgan fingerprint density at radius 2 is 2.06 bits per heavy atom. The van der Waals surface area contributed by atoms with Gasteiger partial charge < -0.3 is 9.64 Å². The number of carbonyl (C=O) groups is 1. The minimum absolute atomic E-state index is 0.361. The molecule has 1 unspecified atom stereocenters. The summed E-state index contributed by atoms with van der Waals surface area (Å²) in [7, 11) is 3.40. The van der Waals surface area contributed by atoms with Crippen LogP contribution in [0.15, 0.2) is 0 Å². The lowest BCUT2D eigenvalue weighted by molar-refractivity contribution is 0.0594. The van der Waals surface area contributed by atoms with Crippen LogP contribution in [0.1, 0.15) is 42.6 Å². The van der Waals surface area contributed by atoms with Crippen LogP contribution < -0.4 is 4.90 Å². The Hall–Kier alpha value is -1.10. The van der Waals surface area contributed by atoms with Crippen molar-refractivity contribution in [2.75, 3.05) is 19.1 Å².